The summed E-state index contributed by atoms with van der Waals surface area (Å²) < 4.78 is 14.1. The third kappa shape index (κ3) is 3.52. The second kappa shape index (κ2) is 7.39. The highest BCUT2D eigenvalue weighted by atomic mass is 19.1. The summed E-state index contributed by atoms with van der Waals surface area (Å²) in [5.41, 5.74) is 2.26. The second-order valence-electron chi connectivity index (χ2n) is 7.03. The molecule has 2 aliphatic heterocycles. The van der Waals surface area contributed by atoms with Gasteiger partial charge in [-0.25, -0.2) is 9.18 Å². The van der Waals surface area contributed by atoms with Crippen LogP contribution in [0, 0.1) is 5.82 Å². The summed E-state index contributed by atoms with van der Waals surface area (Å²) in [5, 5.41) is 2.85. The number of nitrogens with one attached hydrogen (secondary N) is 1. The Hall–Kier alpha value is -2.89. The van der Waals surface area contributed by atoms with Crippen molar-refractivity contribution < 1.29 is 14.0 Å². The molecule has 0 bridgehead atoms. The standard InChI is InChI=1S/C21H22FN3O2/c22-18-9-4-6-15-11-13-24(14-17(15)18)20(26)19-10-5-12-25(19)21(27)23-16-7-2-1-3-8-16/h1-4,6-9,19H,5,10-14H2,(H,23,27)/t19-/m0/s1. The average molecular weight is 367 g/mol. The summed E-state index contributed by atoms with van der Waals surface area (Å²) in [4.78, 5) is 29.0. The van der Waals surface area contributed by atoms with E-state index in [9.17, 15) is 14.0 Å². The first-order valence-electron chi connectivity index (χ1n) is 9.31. The van der Waals surface area contributed by atoms with Gasteiger partial charge in [0.15, 0.2) is 0 Å². The molecule has 1 N–H and O–H groups in total. The van der Waals surface area contributed by atoms with Crippen LogP contribution in [0.3, 0.4) is 0 Å². The van der Waals surface area contributed by atoms with Gasteiger partial charge in [-0.2, -0.15) is 0 Å². The molecule has 0 unspecified atom stereocenters. The first-order chi connectivity index (χ1) is 13.1. The van der Waals surface area contributed by atoms with E-state index in [4.69, 9.17) is 0 Å². The zero-order chi connectivity index (χ0) is 18.8. The number of nitrogens with zero attached hydrogens (tertiary/aromatic N) is 2. The number of amides is 3. The highest BCUT2D eigenvalue weighted by Gasteiger charge is 2.37. The van der Waals surface area contributed by atoms with Crippen molar-refractivity contribution in [2.24, 2.45) is 0 Å². The lowest BCUT2D eigenvalue weighted by molar-refractivity contribution is -0.136. The molecule has 2 aliphatic rings. The Morgan fingerprint density at radius 1 is 1.04 bits per heavy atom. The SMILES string of the molecule is O=C([C@@H]1CCCN1C(=O)Nc1ccccc1)N1CCc2cccc(F)c2C1. The summed E-state index contributed by atoms with van der Waals surface area (Å²) >= 11 is 0. The molecule has 1 fully saturated rings. The van der Waals surface area contributed by atoms with Crippen molar-refractivity contribution >= 4 is 17.6 Å². The van der Waals surface area contributed by atoms with Gasteiger partial charge in [0.2, 0.25) is 5.91 Å². The van der Waals surface area contributed by atoms with Crippen LogP contribution in [-0.2, 0) is 17.8 Å². The molecular weight excluding hydrogens is 345 g/mol. The largest absolute Gasteiger partial charge is 0.336 e. The van der Waals surface area contributed by atoms with Crippen molar-refractivity contribution in [3.63, 3.8) is 0 Å². The quantitative estimate of drug-likeness (QED) is 0.884. The number of likely N-dealkylation sites (tertiary alicyclic amines) is 1. The third-order valence-corrected chi connectivity index (χ3v) is 5.35. The molecule has 1 saturated heterocycles. The Morgan fingerprint density at radius 2 is 1.85 bits per heavy atom. The molecule has 27 heavy (non-hydrogen) atoms. The van der Waals surface area contributed by atoms with Gasteiger partial charge in [0.1, 0.15) is 11.9 Å². The van der Waals surface area contributed by atoms with Crippen molar-refractivity contribution in [3.8, 4) is 0 Å². The monoisotopic (exact) mass is 367 g/mol. The van der Waals surface area contributed by atoms with Crippen LogP contribution in [0.4, 0.5) is 14.9 Å². The Bertz CT molecular complexity index is 856. The van der Waals surface area contributed by atoms with Gasteiger partial charge in [0.25, 0.3) is 0 Å². The first-order valence-corrected chi connectivity index (χ1v) is 9.31. The van der Waals surface area contributed by atoms with E-state index in [-0.39, 0.29) is 24.3 Å². The van der Waals surface area contributed by atoms with E-state index in [2.05, 4.69) is 5.32 Å². The molecule has 1 atom stereocenters. The summed E-state index contributed by atoms with van der Waals surface area (Å²) in [6, 6.07) is 13.5. The third-order valence-electron chi connectivity index (χ3n) is 5.35. The van der Waals surface area contributed by atoms with E-state index < -0.39 is 6.04 Å². The molecule has 0 aliphatic carbocycles. The van der Waals surface area contributed by atoms with Crippen LogP contribution < -0.4 is 5.32 Å². The lowest BCUT2D eigenvalue weighted by atomic mass is 9.98. The van der Waals surface area contributed by atoms with Crippen molar-refractivity contribution in [3.05, 3.63) is 65.5 Å². The Morgan fingerprint density at radius 3 is 2.67 bits per heavy atom. The zero-order valence-corrected chi connectivity index (χ0v) is 15.0. The van der Waals surface area contributed by atoms with E-state index in [1.54, 1.807) is 15.9 Å². The maximum atomic E-state index is 14.1. The number of benzene rings is 2. The predicted molar refractivity (Wildman–Crippen MR) is 101 cm³/mol. The number of para-hydroxylation sites is 1. The zero-order valence-electron chi connectivity index (χ0n) is 15.0. The van der Waals surface area contributed by atoms with Crippen molar-refractivity contribution in [1.29, 1.82) is 0 Å². The van der Waals surface area contributed by atoms with E-state index in [0.717, 1.165) is 12.0 Å². The molecule has 0 radical (unpaired) electrons. The normalized spacial score (nSPS) is 18.9. The van der Waals surface area contributed by atoms with Crippen LogP contribution in [0.25, 0.3) is 0 Å². The molecule has 6 heteroatoms. The van der Waals surface area contributed by atoms with E-state index in [1.807, 2.05) is 36.4 Å². The number of urea groups is 1. The number of fused-ring (bicyclic) bond motifs is 1. The molecule has 3 amide bonds. The van der Waals surface area contributed by atoms with Gasteiger partial charge in [-0.05, 0) is 43.0 Å². The molecule has 2 aromatic carbocycles. The number of carbonyl (C=O) groups is 2. The van der Waals surface area contributed by atoms with Crippen LogP contribution in [0.2, 0.25) is 0 Å². The minimum Gasteiger partial charge on any atom is -0.336 e. The van der Waals surface area contributed by atoms with Gasteiger partial charge in [-0.3, -0.25) is 4.79 Å². The minimum atomic E-state index is -0.484. The predicted octanol–water partition coefficient (Wildman–Crippen LogP) is 3.41. The maximum Gasteiger partial charge on any atom is 0.322 e. The van der Waals surface area contributed by atoms with Crippen molar-refractivity contribution in [2.75, 3.05) is 18.4 Å². The summed E-state index contributed by atoms with van der Waals surface area (Å²) in [7, 11) is 0. The Labute approximate surface area is 157 Å². The summed E-state index contributed by atoms with van der Waals surface area (Å²) in [6.07, 6.45) is 2.07. The van der Waals surface area contributed by atoms with Crippen LogP contribution in [0.15, 0.2) is 48.5 Å². The van der Waals surface area contributed by atoms with Gasteiger partial charge in [0.05, 0.1) is 0 Å². The highest BCUT2D eigenvalue weighted by Crippen LogP contribution is 2.26. The van der Waals surface area contributed by atoms with Gasteiger partial charge in [-0.15, -0.1) is 0 Å². The van der Waals surface area contributed by atoms with Gasteiger partial charge < -0.3 is 15.1 Å². The number of rotatable bonds is 2. The summed E-state index contributed by atoms with van der Waals surface area (Å²) in [6.45, 7) is 1.37. The molecule has 140 valence electrons. The molecular formula is C21H22FN3O2. The van der Waals surface area contributed by atoms with Crippen LogP contribution in [0.1, 0.15) is 24.0 Å². The molecule has 0 spiro atoms. The van der Waals surface area contributed by atoms with Crippen molar-refractivity contribution in [2.45, 2.75) is 31.8 Å². The smallest absolute Gasteiger partial charge is 0.322 e. The topological polar surface area (TPSA) is 52.7 Å². The number of halogens is 1. The van der Waals surface area contributed by atoms with Gasteiger partial charge >= 0.3 is 6.03 Å². The van der Waals surface area contributed by atoms with E-state index >= 15 is 0 Å². The number of hydrogen-bond donors (Lipinski definition) is 1. The lowest BCUT2D eigenvalue weighted by Gasteiger charge is -2.33. The minimum absolute atomic E-state index is 0.0929. The van der Waals surface area contributed by atoms with Crippen LogP contribution in [-0.4, -0.2) is 40.9 Å². The van der Waals surface area contributed by atoms with Gasteiger partial charge in [-0.1, -0.05) is 30.3 Å². The fraction of sp³-hybridized carbons (Fsp3) is 0.333. The Kier molecular flexibility index (Phi) is 4.79. The molecule has 0 aromatic heterocycles. The molecule has 4 rings (SSSR count). The molecule has 0 saturated carbocycles. The number of anilines is 1. The fourth-order valence-electron chi connectivity index (χ4n) is 3.92. The van der Waals surface area contributed by atoms with E-state index in [0.29, 0.717) is 37.2 Å². The summed E-state index contributed by atoms with van der Waals surface area (Å²) in [5.74, 6) is -0.361. The first kappa shape index (κ1) is 17.5. The number of carbonyl (C=O) groups excluding carboxylic acids is 2. The highest BCUT2D eigenvalue weighted by molar-refractivity contribution is 5.94. The van der Waals surface area contributed by atoms with Crippen molar-refractivity contribution in [1.82, 2.24) is 9.80 Å². The fourth-order valence-corrected chi connectivity index (χ4v) is 3.92. The molecule has 2 heterocycles. The Balaban J connectivity index is 1.46. The van der Waals surface area contributed by atoms with Crippen LogP contribution >= 0.6 is 0 Å². The molecule has 5 nitrogen and oxygen atoms in total. The maximum absolute atomic E-state index is 14.1. The van der Waals surface area contributed by atoms with Gasteiger partial charge in [0, 0.05) is 30.9 Å². The molecule has 2 aromatic rings. The van der Waals surface area contributed by atoms with E-state index in [1.165, 1.54) is 6.07 Å². The number of hydrogen-bond acceptors (Lipinski definition) is 2. The lowest BCUT2D eigenvalue weighted by Crippen LogP contribution is -2.50. The second-order valence-corrected chi connectivity index (χ2v) is 7.03. The van der Waals surface area contributed by atoms with Crippen LogP contribution in [0.5, 0.6) is 0 Å². The average Bonchev–Trinajstić information content (AvgIpc) is 3.18.